The maximum atomic E-state index is 12.6. The molecule has 1 aliphatic rings. The molecule has 0 radical (unpaired) electrons. The van der Waals surface area contributed by atoms with Crippen LogP contribution >= 0.6 is 39.1 Å². The van der Waals surface area contributed by atoms with Gasteiger partial charge in [-0.1, -0.05) is 45.2 Å². The molecular formula is C26H20BrCl2NaO5. The van der Waals surface area contributed by atoms with Gasteiger partial charge in [0.2, 0.25) is 0 Å². The van der Waals surface area contributed by atoms with Gasteiger partial charge in [-0.2, -0.15) is 0 Å². The molecule has 1 heterocycles. The van der Waals surface area contributed by atoms with Gasteiger partial charge in [0.25, 0.3) is 0 Å². The van der Waals surface area contributed by atoms with E-state index in [2.05, 4.69) is 15.9 Å². The molecule has 4 rings (SSSR count). The molecule has 0 fully saturated rings. The molecule has 9 heteroatoms. The molecule has 35 heavy (non-hydrogen) atoms. The number of halogens is 3. The van der Waals surface area contributed by atoms with E-state index in [9.17, 15) is 14.7 Å². The number of fused-ring (bicyclic) bond motifs is 1. The molecule has 0 spiro atoms. The molecule has 3 aromatic carbocycles. The van der Waals surface area contributed by atoms with Gasteiger partial charge in [0.15, 0.2) is 5.78 Å². The Morgan fingerprint density at radius 1 is 1.06 bits per heavy atom. The summed E-state index contributed by atoms with van der Waals surface area (Å²) in [6.45, 7) is 0.275. The van der Waals surface area contributed by atoms with Gasteiger partial charge >= 0.3 is 29.6 Å². The normalized spacial score (nSPS) is 14.3. The smallest absolute Gasteiger partial charge is 0.549 e. The molecule has 176 valence electrons. The zero-order valence-corrected chi connectivity index (χ0v) is 24.1. The van der Waals surface area contributed by atoms with Gasteiger partial charge in [-0.05, 0) is 67.3 Å². The predicted molar refractivity (Wildman–Crippen MR) is 132 cm³/mol. The number of hydrogen-bond donors (Lipinski definition) is 0. The second-order valence-corrected chi connectivity index (χ2v) is 9.70. The van der Waals surface area contributed by atoms with Crippen LogP contribution in [0.3, 0.4) is 0 Å². The Kier molecular flexibility index (Phi) is 10.1. The van der Waals surface area contributed by atoms with Crippen molar-refractivity contribution in [2.24, 2.45) is 0 Å². The van der Waals surface area contributed by atoms with Crippen molar-refractivity contribution in [1.82, 2.24) is 0 Å². The Morgan fingerprint density at radius 3 is 2.49 bits per heavy atom. The summed E-state index contributed by atoms with van der Waals surface area (Å²) in [5, 5.41) is 12.3. The van der Waals surface area contributed by atoms with Crippen LogP contribution in [-0.4, -0.2) is 18.4 Å². The topological polar surface area (TPSA) is 75.7 Å². The van der Waals surface area contributed by atoms with Gasteiger partial charge < -0.3 is 19.4 Å². The van der Waals surface area contributed by atoms with Crippen molar-refractivity contribution in [2.45, 2.75) is 31.6 Å². The summed E-state index contributed by atoms with van der Waals surface area (Å²) in [6.07, 6.45) is 2.14. The molecule has 0 aliphatic carbocycles. The molecule has 0 N–H and O–H groups in total. The number of carbonyl (C=O) groups is 2. The summed E-state index contributed by atoms with van der Waals surface area (Å²) in [7, 11) is 0. The van der Waals surface area contributed by atoms with Crippen molar-refractivity contribution in [2.75, 3.05) is 6.61 Å². The van der Waals surface area contributed by atoms with Crippen molar-refractivity contribution in [3.05, 3.63) is 85.8 Å². The summed E-state index contributed by atoms with van der Waals surface area (Å²) in [5.41, 5.74) is 2.08. The number of aryl methyl sites for hydroxylation is 1. The number of aliphatic carboxylic acids is 1. The van der Waals surface area contributed by atoms with Crippen LogP contribution in [0.15, 0.2) is 59.1 Å². The Hall–Kier alpha value is -1.54. The Morgan fingerprint density at radius 2 is 1.80 bits per heavy atom. The summed E-state index contributed by atoms with van der Waals surface area (Å²) in [4.78, 5) is 24.0. The van der Waals surface area contributed by atoms with E-state index in [1.807, 2.05) is 18.2 Å². The van der Waals surface area contributed by atoms with E-state index >= 15 is 0 Å². The molecule has 5 nitrogen and oxygen atoms in total. The molecule has 0 amide bonds. The number of ether oxygens (including phenoxy) is 2. The number of ketones is 1. The number of carbonyl (C=O) groups excluding carboxylic acids is 2. The first-order valence-corrected chi connectivity index (χ1v) is 12.3. The van der Waals surface area contributed by atoms with Crippen molar-refractivity contribution < 1.29 is 53.7 Å². The second-order valence-electron chi connectivity index (χ2n) is 7.97. The van der Waals surface area contributed by atoms with E-state index < -0.39 is 11.9 Å². The zero-order chi connectivity index (χ0) is 24.2. The van der Waals surface area contributed by atoms with Gasteiger partial charge in [0.1, 0.15) is 17.2 Å². The second kappa shape index (κ2) is 12.6. The number of rotatable bonds is 8. The maximum Gasteiger partial charge on any atom is 1.00 e. The number of carboxylic acid groups (broad SMARTS) is 1. The van der Waals surface area contributed by atoms with Crippen molar-refractivity contribution in [1.29, 1.82) is 0 Å². The van der Waals surface area contributed by atoms with Crippen LogP contribution in [-0.2, 0) is 11.2 Å². The van der Waals surface area contributed by atoms with Crippen molar-refractivity contribution in [3.8, 4) is 17.2 Å². The molecule has 0 saturated carbocycles. The zero-order valence-electron chi connectivity index (χ0n) is 19.0. The molecule has 1 atom stereocenters. The average molecular weight is 586 g/mol. The quantitative estimate of drug-likeness (QED) is 0.299. The van der Waals surface area contributed by atoms with Crippen molar-refractivity contribution >= 4 is 50.9 Å². The van der Waals surface area contributed by atoms with Crippen molar-refractivity contribution in [3.63, 3.8) is 0 Å². The minimum atomic E-state index is -1.16. The van der Waals surface area contributed by atoms with Gasteiger partial charge in [0, 0.05) is 45.0 Å². The monoisotopic (exact) mass is 584 g/mol. The fourth-order valence-electron chi connectivity index (χ4n) is 3.86. The van der Waals surface area contributed by atoms with E-state index in [1.54, 1.807) is 36.4 Å². The minimum absolute atomic E-state index is 0. The van der Waals surface area contributed by atoms with Gasteiger partial charge in [0.05, 0.1) is 11.6 Å². The standard InChI is InChI=1S/C26H21BrCl2O5.Na/c27-17-7-4-15(21(28)12-17)2-1-3-23(30)16-5-8-18(9-6-16)34-25-14-24-20(13-22(25)29)19(26(31)32)10-11-33-24;/h4-9,12-14,19H,1-3,10-11H2,(H,31,32);/q;+1/p-1. The van der Waals surface area contributed by atoms with Crippen LogP contribution < -0.4 is 44.1 Å². The van der Waals surface area contributed by atoms with E-state index in [1.165, 1.54) is 0 Å². The van der Waals surface area contributed by atoms with E-state index in [4.69, 9.17) is 32.7 Å². The number of benzene rings is 3. The maximum absolute atomic E-state index is 12.6. The first-order chi connectivity index (χ1) is 16.3. The molecule has 0 saturated heterocycles. The van der Waals surface area contributed by atoms with Gasteiger partial charge in [-0.25, -0.2) is 0 Å². The van der Waals surface area contributed by atoms with E-state index in [0.29, 0.717) is 52.7 Å². The summed E-state index contributed by atoms with van der Waals surface area (Å²) in [6, 6.07) is 15.7. The number of carboxylic acids is 1. The van der Waals surface area contributed by atoms with E-state index in [-0.39, 0.29) is 47.0 Å². The third-order valence-electron chi connectivity index (χ3n) is 5.66. The van der Waals surface area contributed by atoms with Crippen LogP contribution in [0.5, 0.6) is 17.2 Å². The number of hydrogen-bond acceptors (Lipinski definition) is 5. The SMILES string of the molecule is O=C(CCCc1ccc(Br)cc1Cl)c1ccc(Oc2cc3c(cc2Cl)C(C(=O)[O-])CCO3)cc1.[Na+]. The summed E-state index contributed by atoms with van der Waals surface area (Å²) < 4.78 is 12.4. The summed E-state index contributed by atoms with van der Waals surface area (Å²) in [5.74, 6) is -0.641. The molecule has 1 unspecified atom stereocenters. The largest absolute Gasteiger partial charge is 1.00 e. The van der Waals surface area contributed by atoms with Crippen LogP contribution in [0.4, 0.5) is 0 Å². The van der Waals surface area contributed by atoms with Gasteiger partial charge in [-0.3, -0.25) is 4.79 Å². The van der Waals surface area contributed by atoms with E-state index in [0.717, 1.165) is 16.5 Å². The van der Waals surface area contributed by atoms with Gasteiger partial charge in [-0.15, -0.1) is 0 Å². The summed E-state index contributed by atoms with van der Waals surface area (Å²) >= 11 is 16.0. The molecule has 1 aliphatic heterocycles. The number of Topliss-reactive ketones (excluding diaryl/α,β-unsaturated/α-hetero) is 1. The Labute approximate surface area is 244 Å². The third kappa shape index (κ3) is 7.03. The van der Waals surface area contributed by atoms with Crippen LogP contribution in [0.1, 0.15) is 46.7 Å². The third-order valence-corrected chi connectivity index (χ3v) is 6.80. The Balaban J connectivity index is 0.00000342. The first kappa shape index (κ1) is 28.0. The van der Waals surface area contributed by atoms with Crippen LogP contribution in [0.25, 0.3) is 0 Å². The molecule has 3 aromatic rings. The predicted octanol–water partition coefficient (Wildman–Crippen LogP) is 3.37. The molecule has 0 bridgehead atoms. The first-order valence-electron chi connectivity index (χ1n) is 10.7. The average Bonchev–Trinajstić information content (AvgIpc) is 2.81. The minimum Gasteiger partial charge on any atom is -0.549 e. The molecule has 0 aromatic heterocycles. The van der Waals surface area contributed by atoms with Crippen LogP contribution in [0.2, 0.25) is 10.0 Å². The fraction of sp³-hybridized carbons (Fsp3) is 0.231. The molecular weight excluding hydrogens is 566 g/mol. The fourth-order valence-corrected chi connectivity index (χ4v) is 4.84. The Bertz CT molecular complexity index is 1230. The van der Waals surface area contributed by atoms with Crippen LogP contribution in [0, 0.1) is 0 Å².